The van der Waals surface area contributed by atoms with Crippen molar-refractivity contribution in [3.05, 3.63) is 42.5 Å². The Hall–Kier alpha value is -2.85. The molecule has 22 heavy (non-hydrogen) atoms. The number of carboxylic acids is 1. The highest BCUT2D eigenvalue weighted by atomic mass is 16.5. The third-order valence-electron chi connectivity index (χ3n) is 2.51. The van der Waals surface area contributed by atoms with Crippen LogP contribution in [0.4, 0.5) is 0 Å². The molecular formula is C15H16N2O5. The first-order valence-electron chi connectivity index (χ1n) is 6.40. The first-order chi connectivity index (χ1) is 10.6. The molecule has 1 rings (SSSR count). The highest BCUT2D eigenvalue weighted by molar-refractivity contribution is 5.84. The number of carboxylic acid groups (broad SMARTS) is 1. The molecule has 1 aromatic carbocycles. The van der Waals surface area contributed by atoms with E-state index in [-0.39, 0.29) is 19.8 Å². The fraction of sp³-hybridized carbons (Fsp3) is 0.267. The Balaban J connectivity index is 2.44. The number of carbonyl (C=O) groups is 2. The number of nitriles is 1. The third kappa shape index (κ3) is 6.07. The summed E-state index contributed by atoms with van der Waals surface area (Å²) in [6, 6.07) is 7.01. The van der Waals surface area contributed by atoms with Gasteiger partial charge in [-0.1, -0.05) is 6.08 Å². The number of nitrogens with one attached hydrogen (secondary N) is 1. The van der Waals surface area contributed by atoms with Gasteiger partial charge in [0.1, 0.15) is 5.75 Å². The van der Waals surface area contributed by atoms with E-state index in [0.29, 0.717) is 11.3 Å². The molecule has 1 amide bonds. The Kier molecular flexibility index (Phi) is 7.16. The Morgan fingerprint density at radius 1 is 1.41 bits per heavy atom. The molecular weight excluding hydrogens is 288 g/mol. The van der Waals surface area contributed by atoms with E-state index in [4.69, 9.17) is 19.8 Å². The molecule has 1 aromatic rings. The zero-order valence-electron chi connectivity index (χ0n) is 11.8. The van der Waals surface area contributed by atoms with Gasteiger partial charge in [0, 0.05) is 0 Å². The summed E-state index contributed by atoms with van der Waals surface area (Å²) in [5, 5.41) is 19.9. The van der Waals surface area contributed by atoms with Crippen molar-refractivity contribution in [2.45, 2.75) is 6.04 Å². The van der Waals surface area contributed by atoms with Gasteiger partial charge in [0.25, 0.3) is 5.91 Å². The maximum absolute atomic E-state index is 11.7. The zero-order chi connectivity index (χ0) is 16.4. The van der Waals surface area contributed by atoms with Crippen LogP contribution in [-0.2, 0) is 14.3 Å². The number of nitrogens with zero attached hydrogens (tertiary/aromatic N) is 1. The van der Waals surface area contributed by atoms with E-state index in [0.717, 1.165) is 0 Å². The molecule has 0 heterocycles. The van der Waals surface area contributed by atoms with Crippen LogP contribution < -0.4 is 10.1 Å². The molecule has 7 nitrogen and oxygen atoms in total. The lowest BCUT2D eigenvalue weighted by molar-refractivity contribution is -0.143. The Morgan fingerprint density at radius 2 is 2.09 bits per heavy atom. The number of hydrogen-bond acceptors (Lipinski definition) is 5. The summed E-state index contributed by atoms with van der Waals surface area (Å²) in [7, 11) is 0. The molecule has 0 aliphatic carbocycles. The van der Waals surface area contributed by atoms with Crippen molar-refractivity contribution >= 4 is 11.9 Å². The van der Waals surface area contributed by atoms with Gasteiger partial charge in [-0.25, -0.2) is 4.79 Å². The number of carbonyl (C=O) groups excluding carboxylic acids is 1. The predicted octanol–water partition coefficient (Wildman–Crippen LogP) is 0.709. The largest absolute Gasteiger partial charge is 0.484 e. The second-order valence-corrected chi connectivity index (χ2v) is 4.21. The molecule has 0 saturated carbocycles. The van der Waals surface area contributed by atoms with Gasteiger partial charge in [-0.05, 0) is 24.3 Å². The van der Waals surface area contributed by atoms with Crippen LogP contribution in [0.1, 0.15) is 5.56 Å². The van der Waals surface area contributed by atoms with E-state index in [1.807, 2.05) is 6.07 Å². The third-order valence-corrected chi connectivity index (χ3v) is 2.51. The molecule has 0 radical (unpaired) electrons. The summed E-state index contributed by atoms with van der Waals surface area (Å²) < 4.78 is 10.2. The molecule has 0 spiro atoms. The second-order valence-electron chi connectivity index (χ2n) is 4.21. The maximum Gasteiger partial charge on any atom is 0.328 e. The molecule has 0 aliphatic heterocycles. The van der Waals surface area contributed by atoms with Crippen LogP contribution in [-0.4, -0.2) is 42.8 Å². The van der Waals surface area contributed by atoms with Crippen LogP contribution in [0.3, 0.4) is 0 Å². The quantitative estimate of drug-likeness (QED) is 0.514. The number of hydrogen-bond donors (Lipinski definition) is 2. The molecule has 116 valence electrons. The van der Waals surface area contributed by atoms with Crippen molar-refractivity contribution in [2.75, 3.05) is 19.8 Å². The first-order valence-corrected chi connectivity index (χ1v) is 6.40. The van der Waals surface area contributed by atoms with Crippen LogP contribution >= 0.6 is 0 Å². The highest BCUT2D eigenvalue weighted by Gasteiger charge is 2.20. The van der Waals surface area contributed by atoms with E-state index < -0.39 is 17.9 Å². The molecule has 1 unspecified atom stereocenters. The molecule has 0 bridgehead atoms. The Morgan fingerprint density at radius 3 is 2.64 bits per heavy atom. The molecule has 7 heteroatoms. The highest BCUT2D eigenvalue weighted by Crippen LogP contribution is 2.11. The van der Waals surface area contributed by atoms with Crippen LogP contribution in [0, 0.1) is 11.3 Å². The van der Waals surface area contributed by atoms with E-state index >= 15 is 0 Å². The van der Waals surface area contributed by atoms with Crippen molar-refractivity contribution in [1.82, 2.24) is 5.32 Å². The van der Waals surface area contributed by atoms with Crippen LogP contribution in [0.25, 0.3) is 0 Å². The summed E-state index contributed by atoms with van der Waals surface area (Å²) in [6.45, 7) is 3.14. The summed E-state index contributed by atoms with van der Waals surface area (Å²) in [5.74, 6) is -1.38. The summed E-state index contributed by atoms with van der Waals surface area (Å²) in [5.41, 5.74) is 0.474. The van der Waals surface area contributed by atoms with E-state index in [9.17, 15) is 9.59 Å². The molecule has 0 aromatic heterocycles. The number of ether oxygens (including phenoxy) is 2. The van der Waals surface area contributed by atoms with Crippen molar-refractivity contribution < 1.29 is 24.2 Å². The normalized spacial score (nSPS) is 11.0. The maximum atomic E-state index is 11.7. The van der Waals surface area contributed by atoms with E-state index in [2.05, 4.69) is 11.9 Å². The monoisotopic (exact) mass is 304 g/mol. The van der Waals surface area contributed by atoms with Crippen molar-refractivity contribution in [1.29, 1.82) is 5.26 Å². The Bertz CT molecular complexity index is 562. The summed E-state index contributed by atoms with van der Waals surface area (Å²) >= 11 is 0. The molecule has 2 N–H and O–H groups in total. The van der Waals surface area contributed by atoms with Gasteiger partial charge in [-0.3, -0.25) is 4.79 Å². The van der Waals surface area contributed by atoms with Gasteiger partial charge in [0.15, 0.2) is 12.6 Å². The lowest BCUT2D eigenvalue weighted by Crippen LogP contribution is -2.45. The first kappa shape index (κ1) is 17.2. The lowest BCUT2D eigenvalue weighted by Gasteiger charge is -2.14. The average Bonchev–Trinajstić information content (AvgIpc) is 2.52. The Labute approximate surface area is 127 Å². The number of amides is 1. The molecule has 0 aliphatic rings. The minimum absolute atomic E-state index is 0.163. The van der Waals surface area contributed by atoms with Crippen LogP contribution in [0.5, 0.6) is 5.75 Å². The van der Waals surface area contributed by atoms with Gasteiger partial charge in [-0.2, -0.15) is 5.26 Å². The van der Waals surface area contributed by atoms with E-state index in [1.165, 1.54) is 6.08 Å². The zero-order valence-corrected chi connectivity index (χ0v) is 11.8. The lowest BCUT2D eigenvalue weighted by atomic mass is 10.2. The summed E-state index contributed by atoms with van der Waals surface area (Å²) in [4.78, 5) is 22.6. The topological polar surface area (TPSA) is 109 Å². The van der Waals surface area contributed by atoms with Gasteiger partial charge >= 0.3 is 5.97 Å². The number of benzene rings is 1. The number of aliphatic carboxylic acids is 1. The van der Waals surface area contributed by atoms with Crippen molar-refractivity contribution in [3.63, 3.8) is 0 Å². The van der Waals surface area contributed by atoms with Gasteiger partial charge in [-0.15, -0.1) is 6.58 Å². The number of rotatable bonds is 9. The second kappa shape index (κ2) is 9.15. The standard InChI is InChI=1S/C15H16N2O5/c1-2-7-21-9-13(15(19)20)17-14(18)10-22-12-5-3-11(8-16)4-6-12/h2-6,13H,1,7,9-10H2,(H,17,18)(H,19,20). The minimum atomic E-state index is -1.20. The van der Waals surface area contributed by atoms with Gasteiger partial charge in [0.2, 0.25) is 0 Å². The predicted molar refractivity (Wildman–Crippen MR) is 77.2 cm³/mol. The van der Waals surface area contributed by atoms with Crippen LogP contribution in [0.2, 0.25) is 0 Å². The smallest absolute Gasteiger partial charge is 0.328 e. The van der Waals surface area contributed by atoms with Crippen LogP contribution in [0.15, 0.2) is 36.9 Å². The summed E-state index contributed by atoms with van der Waals surface area (Å²) in [6.07, 6.45) is 1.48. The van der Waals surface area contributed by atoms with Gasteiger partial charge in [0.05, 0.1) is 24.8 Å². The molecule has 1 atom stereocenters. The average molecular weight is 304 g/mol. The van der Waals surface area contributed by atoms with Gasteiger partial charge < -0.3 is 19.9 Å². The molecule has 0 fully saturated rings. The van der Waals surface area contributed by atoms with E-state index in [1.54, 1.807) is 24.3 Å². The molecule has 0 saturated heterocycles. The van der Waals surface area contributed by atoms with Crippen molar-refractivity contribution in [2.24, 2.45) is 0 Å². The van der Waals surface area contributed by atoms with Crippen molar-refractivity contribution in [3.8, 4) is 11.8 Å². The minimum Gasteiger partial charge on any atom is -0.484 e. The fourth-order valence-corrected chi connectivity index (χ4v) is 1.45. The fourth-order valence-electron chi connectivity index (χ4n) is 1.45. The SMILES string of the molecule is C=CCOCC(NC(=O)COc1ccc(C#N)cc1)C(=O)O.